The van der Waals surface area contributed by atoms with Gasteiger partial charge >= 0.3 is 6.03 Å². The van der Waals surface area contributed by atoms with E-state index in [2.05, 4.69) is 5.32 Å². The number of benzene rings is 1. The van der Waals surface area contributed by atoms with Gasteiger partial charge in [-0.1, -0.05) is 12.1 Å². The van der Waals surface area contributed by atoms with E-state index < -0.39 is 0 Å². The number of hydrogen-bond acceptors (Lipinski definition) is 2. The molecule has 2 amide bonds. The molecule has 0 spiro atoms. The van der Waals surface area contributed by atoms with Gasteiger partial charge < -0.3 is 15.0 Å². The molecule has 20 heavy (non-hydrogen) atoms. The predicted molar refractivity (Wildman–Crippen MR) is 75.0 cm³/mol. The molecule has 0 unspecified atom stereocenters. The molecule has 0 radical (unpaired) electrons. The molecule has 0 saturated carbocycles. The van der Waals surface area contributed by atoms with Crippen molar-refractivity contribution in [1.29, 1.82) is 0 Å². The highest BCUT2D eigenvalue weighted by molar-refractivity contribution is 5.75. The number of likely N-dealkylation sites (tertiary alicyclic amines) is 1. The first-order chi connectivity index (χ1) is 9.43. The van der Waals surface area contributed by atoms with Crippen LogP contribution in [0.15, 0.2) is 24.3 Å². The second-order valence-electron chi connectivity index (χ2n) is 5.67. The van der Waals surface area contributed by atoms with Crippen molar-refractivity contribution >= 4 is 6.03 Å². The number of carbonyl (C=O) groups is 1. The summed E-state index contributed by atoms with van der Waals surface area (Å²) in [7, 11) is 1.62. The zero-order valence-electron chi connectivity index (χ0n) is 12.1. The summed E-state index contributed by atoms with van der Waals surface area (Å²) in [6, 6.07) is 6.27. The van der Waals surface area contributed by atoms with Gasteiger partial charge in [0.25, 0.3) is 0 Å². The number of hydrogen-bond donors (Lipinski definition) is 1. The van der Waals surface area contributed by atoms with Crippen molar-refractivity contribution in [2.24, 2.45) is 0 Å². The molecule has 0 aliphatic carbocycles. The van der Waals surface area contributed by atoms with Gasteiger partial charge in [-0.2, -0.15) is 0 Å². The van der Waals surface area contributed by atoms with Gasteiger partial charge in [0.1, 0.15) is 5.82 Å². The molecule has 1 aromatic rings. The lowest BCUT2D eigenvalue weighted by atomic mass is 9.95. The molecule has 1 aliphatic heterocycles. The number of urea groups is 1. The zero-order valence-corrected chi connectivity index (χ0v) is 12.1. The van der Waals surface area contributed by atoms with Gasteiger partial charge in [-0.05, 0) is 38.0 Å². The van der Waals surface area contributed by atoms with Crippen molar-refractivity contribution < 1.29 is 13.9 Å². The molecular weight excluding hydrogens is 259 g/mol. The van der Waals surface area contributed by atoms with Crippen LogP contribution in [-0.2, 0) is 4.74 Å². The second-order valence-corrected chi connectivity index (χ2v) is 5.67. The SMILES string of the molecule is COC(C)(C)CNC(=O)N1CC[C@H]1c1ccc(F)cc1. The molecule has 1 heterocycles. The Morgan fingerprint density at radius 2 is 2.10 bits per heavy atom. The van der Waals surface area contributed by atoms with Crippen molar-refractivity contribution in [2.75, 3.05) is 20.2 Å². The second kappa shape index (κ2) is 5.79. The number of methoxy groups -OCH3 is 1. The van der Waals surface area contributed by atoms with E-state index in [9.17, 15) is 9.18 Å². The van der Waals surface area contributed by atoms with E-state index in [-0.39, 0.29) is 23.5 Å². The molecule has 5 heteroatoms. The summed E-state index contributed by atoms with van der Waals surface area (Å²) in [5.74, 6) is -0.258. The topological polar surface area (TPSA) is 41.6 Å². The average Bonchev–Trinajstić information content (AvgIpc) is 2.38. The summed E-state index contributed by atoms with van der Waals surface area (Å²) < 4.78 is 18.2. The Labute approximate surface area is 118 Å². The van der Waals surface area contributed by atoms with Gasteiger partial charge in [-0.15, -0.1) is 0 Å². The van der Waals surface area contributed by atoms with E-state index >= 15 is 0 Å². The fourth-order valence-corrected chi connectivity index (χ4v) is 2.12. The Morgan fingerprint density at radius 1 is 1.45 bits per heavy atom. The molecule has 1 saturated heterocycles. The van der Waals surface area contributed by atoms with Gasteiger partial charge in [-0.25, -0.2) is 9.18 Å². The van der Waals surface area contributed by atoms with Crippen LogP contribution in [0.4, 0.5) is 9.18 Å². The van der Waals surface area contributed by atoms with Crippen LogP contribution >= 0.6 is 0 Å². The Balaban J connectivity index is 1.93. The summed E-state index contributed by atoms with van der Waals surface area (Å²) in [5, 5.41) is 2.87. The number of nitrogens with one attached hydrogen (secondary N) is 1. The lowest BCUT2D eigenvalue weighted by Gasteiger charge is -2.41. The highest BCUT2D eigenvalue weighted by Crippen LogP contribution is 2.33. The first-order valence-electron chi connectivity index (χ1n) is 6.78. The van der Waals surface area contributed by atoms with Gasteiger partial charge in [-0.3, -0.25) is 0 Å². The van der Waals surface area contributed by atoms with E-state index in [0.29, 0.717) is 6.54 Å². The van der Waals surface area contributed by atoms with Crippen molar-refractivity contribution in [3.05, 3.63) is 35.6 Å². The smallest absolute Gasteiger partial charge is 0.318 e. The third-order valence-electron chi connectivity index (χ3n) is 3.75. The Bertz CT molecular complexity index is 473. The van der Waals surface area contributed by atoms with Crippen molar-refractivity contribution in [3.8, 4) is 0 Å². The first kappa shape index (κ1) is 14.8. The van der Waals surface area contributed by atoms with E-state index in [1.54, 1.807) is 24.1 Å². The maximum absolute atomic E-state index is 12.9. The predicted octanol–water partition coefficient (Wildman–Crippen LogP) is 2.71. The van der Waals surface area contributed by atoms with E-state index in [1.807, 2.05) is 13.8 Å². The van der Waals surface area contributed by atoms with Crippen molar-refractivity contribution in [2.45, 2.75) is 31.9 Å². The van der Waals surface area contributed by atoms with Gasteiger partial charge in [0, 0.05) is 20.2 Å². The molecule has 0 bridgehead atoms. The highest BCUT2D eigenvalue weighted by Gasteiger charge is 2.33. The maximum Gasteiger partial charge on any atom is 0.318 e. The molecular formula is C15H21FN2O2. The molecule has 110 valence electrons. The monoisotopic (exact) mass is 280 g/mol. The van der Waals surface area contributed by atoms with Crippen LogP contribution in [0, 0.1) is 5.82 Å². The Kier molecular flexibility index (Phi) is 4.28. The van der Waals surface area contributed by atoms with Crippen LogP contribution < -0.4 is 5.32 Å². The van der Waals surface area contributed by atoms with E-state index in [4.69, 9.17) is 4.74 Å². The summed E-state index contributed by atoms with van der Waals surface area (Å²) in [6.07, 6.45) is 0.909. The third kappa shape index (κ3) is 3.28. The summed E-state index contributed by atoms with van der Waals surface area (Å²) >= 11 is 0. The van der Waals surface area contributed by atoms with Crippen LogP contribution in [-0.4, -0.2) is 36.7 Å². The fourth-order valence-electron chi connectivity index (χ4n) is 2.12. The molecule has 1 aliphatic rings. The minimum Gasteiger partial charge on any atom is -0.377 e. The Hall–Kier alpha value is -1.62. The standard InChI is InChI=1S/C15H21FN2O2/c1-15(2,20-3)10-17-14(19)18-9-8-13(18)11-4-6-12(16)7-5-11/h4-7,13H,8-10H2,1-3H3,(H,17,19)/t13-/m0/s1. The number of amides is 2. The van der Waals surface area contributed by atoms with Gasteiger partial charge in [0.05, 0.1) is 11.6 Å². The fraction of sp³-hybridized carbons (Fsp3) is 0.533. The van der Waals surface area contributed by atoms with Crippen molar-refractivity contribution in [3.63, 3.8) is 0 Å². The van der Waals surface area contributed by atoms with Gasteiger partial charge in [0.15, 0.2) is 0 Å². The van der Waals surface area contributed by atoms with Crippen molar-refractivity contribution in [1.82, 2.24) is 10.2 Å². The van der Waals surface area contributed by atoms with Crippen LogP contribution in [0.5, 0.6) is 0 Å². The average molecular weight is 280 g/mol. The quantitative estimate of drug-likeness (QED) is 0.921. The first-order valence-corrected chi connectivity index (χ1v) is 6.78. The number of nitrogens with zero attached hydrogens (tertiary/aromatic N) is 1. The van der Waals surface area contributed by atoms with Crippen LogP contribution in [0.25, 0.3) is 0 Å². The number of rotatable bonds is 4. The molecule has 4 nitrogen and oxygen atoms in total. The van der Waals surface area contributed by atoms with Crippen LogP contribution in [0.2, 0.25) is 0 Å². The zero-order chi connectivity index (χ0) is 14.8. The molecule has 1 aromatic carbocycles. The highest BCUT2D eigenvalue weighted by atomic mass is 19.1. The van der Waals surface area contributed by atoms with Crippen LogP contribution in [0.3, 0.4) is 0 Å². The molecule has 1 atom stereocenters. The van der Waals surface area contributed by atoms with E-state index in [0.717, 1.165) is 18.5 Å². The number of carbonyl (C=O) groups excluding carboxylic acids is 1. The molecule has 0 aromatic heterocycles. The largest absolute Gasteiger partial charge is 0.377 e. The lowest BCUT2D eigenvalue weighted by molar-refractivity contribution is 0.0221. The Morgan fingerprint density at radius 3 is 2.60 bits per heavy atom. The van der Waals surface area contributed by atoms with Gasteiger partial charge in [0.2, 0.25) is 0 Å². The summed E-state index contributed by atoms with van der Waals surface area (Å²) in [4.78, 5) is 13.9. The molecule has 1 fully saturated rings. The molecule has 1 N–H and O–H groups in total. The minimum atomic E-state index is -0.383. The van der Waals surface area contributed by atoms with E-state index in [1.165, 1.54) is 12.1 Å². The third-order valence-corrected chi connectivity index (χ3v) is 3.75. The number of halogens is 1. The minimum absolute atomic E-state index is 0.0428. The summed E-state index contributed by atoms with van der Waals surface area (Å²) in [6.45, 7) is 5.01. The normalized spacial score (nSPS) is 18.6. The maximum atomic E-state index is 12.9. The van der Waals surface area contributed by atoms with Crippen LogP contribution in [0.1, 0.15) is 31.9 Å². The number of ether oxygens (including phenoxy) is 1. The molecule has 2 rings (SSSR count). The lowest BCUT2D eigenvalue weighted by Crippen LogP contribution is -2.52. The summed E-state index contributed by atoms with van der Waals surface area (Å²) in [5.41, 5.74) is 0.588.